The average molecular weight is 197 g/mol. The fraction of sp³-hybridized carbons (Fsp3) is 0.300. The Balaban J connectivity index is 2.59. The molecular formula is C10H12FNO2. The molecule has 0 saturated carbocycles. The molecule has 4 heteroatoms. The summed E-state index contributed by atoms with van der Waals surface area (Å²) in [7, 11) is 0. The van der Waals surface area contributed by atoms with Gasteiger partial charge in [0.1, 0.15) is 0 Å². The van der Waals surface area contributed by atoms with Gasteiger partial charge in [0.25, 0.3) is 0 Å². The first-order chi connectivity index (χ1) is 6.61. The summed E-state index contributed by atoms with van der Waals surface area (Å²) in [6, 6.07) is 4.34. The fourth-order valence-electron chi connectivity index (χ4n) is 1.13. The van der Waals surface area contributed by atoms with Crippen molar-refractivity contribution >= 4 is 5.91 Å². The topological polar surface area (TPSA) is 49.3 Å². The highest BCUT2D eigenvalue weighted by molar-refractivity contribution is 5.72. The first kappa shape index (κ1) is 10.5. The monoisotopic (exact) mass is 197 g/mol. The summed E-state index contributed by atoms with van der Waals surface area (Å²) in [5, 5.41) is 11.8. The highest BCUT2D eigenvalue weighted by Crippen LogP contribution is 2.20. The molecule has 0 aromatic heterocycles. The highest BCUT2D eigenvalue weighted by atomic mass is 19.1. The van der Waals surface area contributed by atoms with Crippen molar-refractivity contribution in [2.45, 2.75) is 13.3 Å². The van der Waals surface area contributed by atoms with E-state index in [-0.39, 0.29) is 11.7 Å². The van der Waals surface area contributed by atoms with E-state index in [1.807, 2.05) is 0 Å². The molecule has 0 spiro atoms. The van der Waals surface area contributed by atoms with Crippen LogP contribution in [0.5, 0.6) is 5.75 Å². The van der Waals surface area contributed by atoms with Crippen LogP contribution in [0.25, 0.3) is 0 Å². The Hall–Kier alpha value is -1.58. The minimum Gasteiger partial charge on any atom is -0.505 e. The van der Waals surface area contributed by atoms with Crippen LogP contribution < -0.4 is 5.32 Å². The molecule has 1 aromatic carbocycles. The van der Waals surface area contributed by atoms with Gasteiger partial charge in [-0.15, -0.1) is 0 Å². The van der Waals surface area contributed by atoms with E-state index in [4.69, 9.17) is 0 Å². The van der Waals surface area contributed by atoms with Gasteiger partial charge in [-0.05, 0) is 18.1 Å². The Morgan fingerprint density at radius 2 is 2.29 bits per heavy atom. The highest BCUT2D eigenvalue weighted by Gasteiger charge is 2.05. The second-order valence-corrected chi connectivity index (χ2v) is 2.98. The van der Waals surface area contributed by atoms with Crippen LogP contribution in [0.15, 0.2) is 18.2 Å². The normalized spacial score (nSPS) is 9.86. The Morgan fingerprint density at radius 3 is 2.93 bits per heavy atom. The van der Waals surface area contributed by atoms with Crippen LogP contribution in [0.1, 0.15) is 12.5 Å². The van der Waals surface area contributed by atoms with Gasteiger partial charge >= 0.3 is 0 Å². The summed E-state index contributed by atoms with van der Waals surface area (Å²) in [4.78, 5) is 10.5. The summed E-state index contributed by atoms with van der Waals surface area (Å²) in [5.74, 6) is -1.11. The number of rotatable bonds is 3. The lowest BCUT2D eigenvalue weighted by molar-refractivity contribution is -0.118. The molecule has 0 aliphatic heterocycles. The lowest BCUT2D eigenvalue weighted by Gasteiger charge is -2.05. The number of aromatic hydroxyl groups is 1. The van der Waals surface area contributed by atoms with Gasteiger partial charge in [-0.1, -0.05) is 12.1 Å². The number of amides is 1. The second kappa shape index (κ2) is 4.60. The predicted molar refractivity (Wildman–Crippen MR) is 50.5 cm³/mol. The molecular weight excluding hydrogens is 185 g/mol. The molecule has 0 fully saturated rings. The van der Waals surface area contributed by atoms with Gasteiger partial charge in [-0.25, -0.2) is 4.39 Å². The van der Waals surface area contributed by atoms with Crippen molar-refractivity contribution in [1.29, 1.82) is 0 Å². The van der Waals surface area contributed by atoms with Gasteiger partial charge in [0.05, 0.1) is 0 Å². The van der Waals surface area contributed by atoms with Gasteiger partial charge in [0.2, 0.25) is 5.91 Å². The van der Waals surface area contributed by atoms with Crippen LogP contribution in [0.3, 0.4) is 0 Å². The number of phenolic OH excluding ortho intramolecular Hbond substituents is 1. The standard InChI is InChI=1S/C10H12FNO2/c1-7(13)12-6-5-8-3-2-4-9(11)10(8)14/h2-4,14H,5-6H2,1H3,(H,12,13). The van der Waals surface area contributed by atoms with Crippen LogP contribution in [0.2, 0.25) is 0 Å². The molecule has 0 aliphatic rings. The molecule has 1 amide bonds. The van der Waals surface area contributed by atoms with Crippen molar-refractivity contribution in [3.63, 3.8) is 0 Å². The van der Waals surface area contributed by atoms with Crippen molar-refractivity contribution in [1.82, 2.24) is 5.32 Å². The fourth-order valence-corrected chi connectivity index (χ4v) is 1.13. The average Bonchev–Trinajstić information content (AvgIpc) is 2.12. The second-order valence-electron chi connectivity index (χ2n) is 2.98. The van der Waals surface area contributed by atoms with E-state index in [1.165, 1.54) is 19.1 Å². The van der Waals surface area contributed by atoms with Crippen molar-refractivity contribution in [2.75, 3.05) is 6.54 Å². The predicted octanol–water partition coefficient (Wildman–Crippen LogP) is 1.21. The third-order valence-electron chi connectivity index (χ3n) is 1.84. The molecule has 0 atom stereocenters. The van der Waals surface area contributed by atoms with E-state index < -0.39 is 5.82 Å². The molecule has 0 saturated heterocycles. The van der Waals surface area contributed by atoms with E-state index in [0.29, 0.717) is 18.5 Å². The van der Waals surface area contributed by atoms with E-state index >= 15 is 0 Å². The number of para-hydroxylation sites is 1. The van der Waals surface area contributed by atoms with Crippen LogP contribution in [0, 0.1) is 5.82 Å². The summed E-state index contributed by atoms with van der Waals surface area (Å²) >= 11 is 0. The third kappa shape index (κ3) is 2.73. The first-order valence-corrected chi connectivity index (χ1v) is 4.32. The SMILES string of the molecule is CC(=O)NCCc1cccc(F)c1O. The molecule has 0 unspecified atom stereocenters. The van der Waals surface area contributed by atoms with Gasteiger partial charge in [-0.3, -0.25) is 4.79 Å². The van der Waals surface area contributed by atoms with Gasteiger partial charge < -0.3 is 10.4 Å². The van der Waals surface area contributed by atoms with Gasteiger partial charge in [-0.2, -0.15) is 0 Å². The molecule has 0 radical (unpaired) electrons. The van der Waals surface area contributed by atoms with Crippen LogP contribution >= 0.6 is 0 Å². The summed E-state index contributed by atoms with van der Waals surface area (Å²) in [6.07, 6.45) is 0.420. The molecule has 0 aliphatic carbocycles. The maximum absolute atomic E-state index is 12.8. The zero-order valence-electron chi connectivity index (χ0n) is 7.88. The first-order valence-electron chi connectivity index (χ1n) is 4.32. The molecule has 3 nitrogen and oxygen atoms in total. The number of carbonyl (C=O) groups excluding carboxylic acids is 1. The number of halogens is 1. The smallest absolute Gasteiger partial charge is 0.216 e. The summed E-state index contributed by atoms with van der Waals surface area (Å²) in [6.45, 7) is 1.80. The van der Waals surface area contributed by atoms with E-state index in [2.05, 4.69) is 5.32 Å². The van der Waals surface area contributed by atoms with Crippen molar-refractivity contribution in [3.8, 4) is 5.75 Å². The summed E-state index contributed by atoms with van der Waals surface area (Å²) < 4.78 is 12.8. The van der Waals surface area contributed by atoms with E-state index in [9.17, 15) is 14.3 Å². The van der Waals surface area contributed by atoms with Gasteiger partial charge in [0, 0.05) is 13.5 Å². The zero-order valence-corrected chi connectivity index (χ0v) is 7.88. The number of benzene rings is 1. The van der Waals surface area contributed by atoms with Crippen molar-refractivity contribution < 1.29 is 14.3 Å². The van der Waals surface area contributed by atoms with E-state index in [0.717, 1.165) is 0 Å². The van der Waals surface area contributed by atoms with Crippen molar-refractivity contribution in [3.05, 3.63) is 29.6 Å². The van der Waals surface area contributed by atoms with Crippen LogP contribution in [-0.2, 0) is 11.2 Å². The van der Waals surface area contributed by atoms with Gasteiger partial charge in [0.15, 0.2) is 11.6 Å². The Kier molecular flexibility index (Phi) is 3.45. The Bertz CT molecular complexity index is 339. The van der Waals surface area contributed by atoms with Crippen LogP contribution in [-0.4, -0.2) is 17.6 Å². The summed E-state index contributed by atoms with van der Waals surface area (Å²) in [5.41, 5.74) is 0.499. The number of nitrogens with one attached hydrogen (secondary N) is 1. The number of hydrogen-bond donors (Lipinski definition) is 2. The Labute approximate surface area is 81.6 Å². The maximum atomic E-state index is 12.8. The molecule has 0 bridgehead atoms. The molecule has 1 aromatic rings. The maximum Gasteiger partial charge on any atom is 0.216 e. The molecule has 2 N–H and O–H groups in total. The molecule has 0 heterocycles. The molecule has 1 rings (SSSR count). The Morgan fingerprint density at radius 1 is 1.57 bits per heavy atom. The quantitative estimate of drug-likeness (QED) is 0.765. The van der Waals surface area contributed by atoms with Crippen LogP contribution in [0.4, 0.5) is 4.39 Å². The zero-order chi connectivity index (χ0) is 10.6. The lowest BCUT2D eigenvalue weighted by atomic mass is 10.1. The molecule has 76 valence electrons. The van der Waals surface area contributed by atoms with E-state index in [1.54, 1.807) is 6.07 Å². The minimum absolute atomic E-state index is 0.138. The van der Waals surface area contributed by atoms with Crippen molar-refractivity contribution in [2.24, 2.45) is 0 Å². The number of phenols is 1. The molecule has 14 heavy (non-hydrogen) atoms. The number of carbonyl (C=O) groups is 1. The third-order valence-corrected chi connectivity index (χ3v) is 1.84. The largest absolute Gasteiger partial charge is 0.505 e. The number of hydrogen-bond acceptors (Lipinski definition) is 2. The minimum atomic E-state index is -0.634. The lowest BCUT2D eigenvalue weighted by Crippen LogP contribution is -2.22.